The lowest BCUT2D eigenvalue weighted by atomic mass is 10.1. The lowest BCUT2D eigenvalue weighted by Crippen LogP contribution is -2.43. The van der Waals surface area contributed by atoms with Gasteiger partial charge in [0.05, 0.1) is 0 Å². The second-order valence-corrected chi connectivity index (χ2v) is 9.08. The van der Waals surface area contributed by atoms with Crippen LogP contribution in [0.3, 0.4) is 0 Å². The van der Waals surface area contributed by atoms with Crippen LogP contribution >= 0.6 is 0 Å². The van der Waals surface area contributed by atoms with Gasteiger partial charge in [0.2, 0.25) is 5.82 Å². The molecule has 0 radical (unpaired) electrons. The average molecular weight is 482 g/mol. The minimum atomic E-state index is -0.902. The first-order valence-corrected chi connectivity index (χ1v) is 11.5. The van der Waals surface area contributed by atoms with Crippen LogP contribution in [0.5, 0.6) is 11.6 Å². The van der Waals surface area contributed by atoms with Gasteiger partial charge in [0.1, 0.15) is 12.1 Å². The molecule has 3 aromatic rings. The van der Waals surface area contributed by atoms with Gasteiger partial charge in [-0.1, -0.05) is 23.8 Å². The highest BCUT2D eigenvalue weighted by Crippen LogP contribution is 2.37. The Morgan fingerprint density at radius 1 is 1.00 bits per heavy atom. The van der Waals surface area contributed by atoms with Gasteiger partial charge in [0, 0.05) is 55.6 Å². The second-order valence-electron chi connectivity index (χ2n) is 9.08. The Kier molecular flexibility index (Phi) is 6.44. The monoisotopic (exact) mass is 481 g/mol. The van der Waals surface area contributed by atoms with Gasteiger partial charge in [0.15, 0.2) is 17.4 Å². The third-order valence-electron chi connectivity index (χ3n) is 6.35. The fourth-order valence-electron chi connectivity index (χ4n) is 4.35. The Morgan fingerprint density at radius 3 is 2.49 bits per heavy atom. The van der Waals surface area contributed by atoms with E-state index < -0.39 is 29.1 Å². The van der Waals surface area contributed by atoms with Crippen LogP contribution in [0.2, 0.25) is 0 Å². The fraction of sp³-hybridized carbons (Fsp3) is 0.308. The van der Waals surface area contributed by atoms with Crippen LogP contribution < -0.4 is 10.1 Å². The minimum Gasteiger partial charge on any atom is -0.433 e. The van der Waals surface area contributed by atoms with Gasteiger partial charge in [-0.25, -0.2) is 13.8 Å². The van der Waals surface area contributed by atoms with Gasteiger partial charge in [-0.05, 0) is 38.1 Å². The molecule has 35 heavy (non-hydrogen) atoms. The van der Waals surface area contributed by atoms with Crippen molar-refractivity contribution in [1.29, 1.82) is 0 Å². The summed E-state index contributed by atoms with van der Waals surface area (Å²) in [5.41, 5.74) is 3.02. The van der Waals surface area contributed by atoms with Gasteiger partial charge in [-0.3, -0.25) is 4.90 Å². The molecular formula is C26H26F3N5O. The van der Waals surface area contributed by atoms with Crippen LogP contribution in [0.15, 0.2) is 42.2 Å². The van der Waals surface area contributed by atoms with Crippen LogP contribution in [0.4, 0.5) is 24.7 Å². The molecule has 2 aliphatic rings. The number of nitrogens with zero attached hydrogens (tertiary/aromatic N) is 4. The Morgan fingerprint density at radius 2 is 1.74 bits per heavy atom. The molecule has 182 valence electrons. The van der Waals surface area contributed by atoms with E-state index in [9.17, 15) is 8.78 Å². The molecule has 9 heteroatoms. The van der Waals surface area contributed by atoms with E-state index in [1.807, 2.05) is 24.3 Å². The first-order valence-electron chi connectivity index (χ1n) is 11.5. The largest absolute Gasteiger partial charge is 0.433 e. The number of halogens is 3. The molecule has 1 fully saturated rings. The van der Waals surface area contributed by atoms with Crippen LogP contribution in [0.25, 0.3) is 6.08 Å². The highest BCUT2D eigenvalue weighted by Gasteiger charge is 2.24. The van der Waals surface area contributed by atoms with Crippen molar-refractivity contribution in [3.8, 4) is 11.6 Å². The van der Waals surface area contributed by atoms with Crippen molar-refractivity contribution in [3.63, 3.8) is 0 Å². The molecule has 1 aromatic heterocycles. The Hall–Kier alpha value is -3.43. The summed E-state index contributed by atoms with van der Waals surface area (Å²) in [6, 6.07) is 8.58. The van der Waals surface area contributed by atoms with Crippen LogP contribution in [0, 0.1) is 17.5 Å². The number of anilines is 2. The quantitative estimate of drug-likeness (QED) is 0.527. The SMILES string of the molecule is CC1=Cc2c(F)c(Oc3ncnc(Nc4ccc(CN5CCN(C)CC5)cc4)c3F)cc(F)c2C1. The maximum Gasteiger partial charge on any atom is 0.261 e. The Labute approximate surface area is 202 Å². The minimum absolute atomic E-state index is 0.125. The van der Waals surface area contributed by atoms with E-state index in [4.69, 9.17) is 4.74 Å². The summed E-state index contributed by atoms with van der Waals surface area (Å²) in [7, 11) is 2.12. The number of allylic oxidation sites excluding steroid dienone is 1. The maximum atomic E-state index is 15.1. The lowest BCUT2D eigenvalue weighted by molar-refractivity contribution is 0.148. The van der Waals surface area contributed by atoms with E-state index >= 15 is 4.39 Å². The van der Waals surface area contributed by atoms with Gasteiger partial charge in [-0.2, -0.15) is 9.37 Å². The van der Waals surface area contributed by atoms with E-state index in [-0.39, 0.29) is 16.9 Å². The van der Waals surface area contributed by atoms with Gasteiger partial charge < -0.3 is 15.0 Å². The van der Waals surface area contributed by atoms with Crippen molar-refractivity contribution in [2.45, 2.75) is 19.9 Å². The number of ether oxygens (including phenoxy) is 1. The van der Waals surface area contributed by atoms with E-state index in [1.165, 1.54) is 0 Å². The number of benzene rings is 2. The van der Waals surface area contributed by atoms with Crippen molar-refractivity contribution in [2.24, 2.45) is 0 Å². The molecule has 0 bridgehead atoms. The molecule has 6 nitrogen and oxygen atoms in total. The molecule has 0 unspecified atom stereocenters. The maximum absolute atomic E-state index is 15.1. The number of aromatic nitrogens is 2. The summed E-state index contributed by atoms with van der Waals surface area (Å²) in [4.78, 5) is 12.4. The third-order valence-corrected chi connectivity index (χ3v) is 6.35. The zero-order valence-electron chi connectivity index (χ0n) is 19.6. The molecule has 0 saturated carbocycles. The first kappa shape index (κ1) is 23.3. The molecule has 5 rings (SSSR count). The summed E-state index contributed by atoms with van der Waals surface area (Å²) in [6.45, 7) is 6.79. The fourth-order valence-corrected chi connectivity index (χ4v) is 4.35. The van der Waals surface area contributed by atoms with Crippen molar-refractivity contribution >= 4 is 17.6 Å². The zero-order valence-corrected chi connectivity index (χ0v) is 19.6. The molecular weight excluding hydrogens is 455 g/mol. The number of rotatable bonds is 6. The number of piperazine rings is 1. The molecule has 0 spiro atoms. The van der Waals surface area contributed by atoms with Crippen LogP contribution in [-0.4, -0.2) is 53.0 Å². The van der Waals surface area contributed by atoms with E-state index in [1.54, 1.807) is 13.0 Å². The van der Waals surface area contributed by atoms with Crippen molar-refractivity contribution in [3.05, 3.63) is 76.4 Å². The number of nitrogens with one attached hydrogen (secondary N) is 1. The predicted octanol–water partition coefficient (Wildman–Crippen LogP) is 5.14. The number of hydrogen-bond donors (Lipinski definition) is 1. The summed E-state index contributed by atoms with van der Waals surface area (Å²) in [5, 5.41) is 2.90. The smallest absolute Gasteiger partial charge is 0.261 e. The van der Waals surface area contributed by atoms with Gasteiger partial charge in [-0.15, -0.1) is 0 Å². The standard InChI is InChI=1S/C26H26F3N5O/c1-16-11-19-20(12-16)23(28)22(13-21(19)27)35-26-24(29)25(30-15-31-26)32-18-5-3-17(4-6-18)14-34-9-7-33(2)8-10-34/h3-6,12-13,15H,7-11,14H2,1-2H3,(H,30,31,32). The van der Waals surface area contributed by atoms with E-state index in [0.717, 1.165) is 56.3 Å². The summed E-state index contributed by atoms with van der Waals surface area (Å²) in [6.07, 6.45) is 3.01. The lowest BCUT2D eigenvalue weighted by Gasteiger charge is -2.32. The van der Waals surface area contributed by atoms with E-state index in [0.29, 0.717) is 12.1 Å². The van der Waals surface area contributed by atoms with Gasteiger partial charge in [0.25, 0.3) is 5.88 Å². The topological polar surface area (TPSA) is 53.5 Å². The highest BCUT2D eigenvalue weighted by atomic mass is 19.1. The molecule has 0 atom stereocenters. The number of hydrogen-bond acceptors (Lipinski definition) is 6. The Bertz CT molecular complexity index is 1270. The van der Waals surface area contributed by atoms with Crippen LogP contribution in [0.1, 0.15) is 23.6 Å². The molecule has 0 amide bonds. The van der Waals surface area contributed by atoms with Crippen molar-refractivity contribution in [2.75, 3.05) is 38.5 Å². The number of likely N-dealkylation sites (N-methyl/N-ethyl adjacent to an activating group) is 1. The van der Waals surface area contributed by atoms with Gasteiger partial charge >= 0.3 is 0 Å². The molecule has 2 aromatic carbocycles. The highest BCUT2D eigenvalue weighted by molar-refractivity contribution is 5.66. The average Bonchev–Trinajstić information content (AvgIpc) is 3.25. The molecule has 1 aliphatic carbocycles. The summed E-state index contributed by atoms with van der Waals surface area (Å²) >= 11 is 0. The molecule has 2 heterocycles. The molecule has 1 saturated heterocycles. The molecule has 1 N–H and O–H groups in total. The van der Waals surface area contributed by atoms with Crippen molar-refractivity contribution in [1.82, 2.24) is 19.8 Å². The summed E-state index contributed by atoms with van der Waals surface area (Å²) < 4.78 is 49.8. The normalized spacial score (nSPS) is 16.2. The predicted molar refractivity (Wildman–Crippen MR) is 128 cm³/mol. The third kappa shape index (κ3) is 5.01. The number of fused-ring (bicyclic) bond motifs is 1. The van der Waals surface area contributed by atoms with Crippen LogP contribution in [-0.2, 0) is 13.0 Å². The molecule has 1 aliphatic heterocycles. The second kappa shape index (κ2) is 9.67. The van der Waals surface area contributed by atoms with Crippen molar-refractivity contribution < 1.29 is 17.9 Å². The Balaban J connectivity index is 1.30. The van der Waals surface area contributed by atoms with E-state index in [2.05, 4.69) is 32.1 Å². The summed E-state index contributed by atoms with van der Waals surface area (Å²) in [5.74, 6) is -3.30. The zero-order chi connectivity index (χ0) is 24.5. The first-order chi connectivity index (χ1) is 16.9.